The first-order valence-electron chi connectivity index (χ1n) is 10.9. The fraction of sp³-hybridized carbons (Fsp3) is 0.333. The molecule has 0 atom stereocenters. The van der Waals surface area contributed by atoms with Gasteiger partial charge in [-0.2, -0.15) is 0 Å². The average molecular weight is 453 g/mol. The number of benzene rings is 2. The van der Waals surface area contributed by atoms with Gasteiger partial charge in [-0.05, 0) is 49.2 Å². The standard InChI is InChI=1S/C27H32O6/c1-5-7-25(28)32-19-17-30-23-13-9-21(10-14-23)27(3,4)22-11-15-24(16-12-22)31-18-20-33-26(29)8-6-2/h5-16H,17-20H2,1-4H3. The van der Waals surface area contributed by atoms with Crippen LogP contribution in [0.25, 0.3) is 0 Å². The number of rotatable bonds is 12. The van der Waals surface area contributed by atoms with Gasteiger partial charge in [0.1, 0.15) is 37.9 Å². The van der Waals surface area contributed by atoms with Crippen LogP contribution in [0.4, 0.5) is 0 Å². The van der Waals surface area contributed by atoms with Crippen molar-refractivity contribution in [3.63, 3.8) is 0 Å². The maximum atomic E-state index is 11.3. The molecule has 0 saturated heterocycles. The molecule has 0 heterocycles. The predicted octanol–water partition coefficient (Wildman–Crippen LogP) is 5.01. The van der Waals surface area contributed by atoms with Gasteiger partial charge < -0.3 is 18.9 Å². The van der Waals surface area contributed by atoms with Gasteiger partial charge in [0.25, 0.3) is 0 Å². The van der Waals surface area contributed by atoms with E-state index >= 15 is 0 Å². The SMILES string of the molecule is CC=CC(=O)OCCOc1ccc(C(C)(C)c2ccc(OCCOC(=O)C=CC)cc2)cc1. The van der Waals surface area contributed by atoms with Crippen LogP contribution in [0.5, 0.6) is 11.5 Å². The van der Waals surface area contributed by atoms with Gasteiger partial charge in [-0.15, -0.1) is 0 Å². The van der Waals surface area contributed by atoms with Crippen LogP contribution in [0.1, 0.15) is 38.8 Å². The minimum Gasteiger partial charge on any atom is -0.490 e. The van der Waals surface area contributed by atoms with E-state index in [1.54, 1.807) is 26.0 Å². The molecule has 0 unspecified atom stereocenters. The van der Waals surface area contributed by atoms with Gasteiger partial charge in [0.15, 0.2) is 0 Å². The fourth-order valence-corrected chi connectivity index (χ4v) is 3.07. The number of hydrogen-bond donors (Lipinski definition) is 0. The summed E-state index contributed by atoms with van der Waals surface area (Å²) < 4.78 is 21.3. The summed E-state index contributed by atoms with van der Waals surface area (Å²) >= 11 is 0. The summed E-state index contributed by atoms with van der Waals surface area (Å²) in [6, 6.07) is 15.8. The number of carbonyl (C=O) groups is 2. The third kappa shape index (κ3) is 8.48. The van der Waals surface area contributed by atoms with Gasteiger partial charge >= 0.3 is 11.9 Å². The van der Waals surface area contributed by atoms with E-state index in [0.29, 0.717) is 13.2 Å². The van der Waals surface area contributed by atoms with E-state index in [2.05, 4.69) is 13.8 Å². The Balaban J connectivity index is 1.86. The molecule has 0 radical (unpaired) electrons. The second-order valence-electron chi connectivity index (χ2n) is 7.71. The molecule has 176 valence electrons. The number of ether oxygens (including phenoxy) is 4. The maximum Gasteiger partial charge on any atom is 0.330 e. The molecule has 0 N–H and O–H groups in total. The molecule has 0 amide bonds. The van der Waals surface area contributed by atoms with Crippen LogP contribution in [0.3, 0.4) is 0 Å². The number of allylic oxidation sites excluding steroid dienone is 2. The van der Waals surface area contributed by atoms with Crippen molar-refractivity contribution in [3.8, 4) is 11.5 Å². The molecule has 2 aromatic rings. The quantitative estimate of drug-likeness (QED) is 0.256. The van der Waals surface area contributed by atoms with Crippen molar-refractivity contribution in [2.45, 2.75) is 33.1 Å². The molecule has 0 aliphatic rings. The topological polar surface area (TPSA) is 71.1 Å². The van der Waals surface area contributed by atoms with Crippen LogP contribution >= 0.6 is 0 Å². The van der Waals surface area contributed by atoms with Crippen molar-refractivity contribution in [3.05, 3.63) is 84.0 Å². The highest BCUT2D eigenvalue weighted by atomic mass is 16.6. The molecule has 6 nitrogen and oxygen atoms in total. The number of esters is 2. The number of carbonyl (C=O) groups excluding carboxylic acids is 2. The molecule has 0 aliphatic carbocycles. The molecule has 0 bridgehead atoms. The predicted molar refractivity (Wildman–Crippen MR) is 128 cm³/mol. The lowest BCUT2D eigenvalue weighted by atomic mass is 9.78. The Bertz CT molecular complexity index is 862. The highest BCUT2D eigenvalue weighted by Crippen LogP contribution is 2.33. The Hall–Kier alpha value is -3.54. The van der Waals surface area contributed by atoms with Crippen molar-refractivity contribution < 1.29 is 28.5 Å². The van der Waals surface area contributed by atoms with Gasteiger partial charge in [0, 0.05) is 17.6 Å². The van der Waals surface area contributed by atoms with Gasteiger partial charge in [-0.25, -0.2) is 9.59 Å². The summed E-state index contributed by atoms with van der Waals surface area (Å²) in [6.07, 6.45) is 6.02. The lowest BCUT2D eigenvalue weighted by Gasteiger charge is -2.26. The molecule has 0 aromatic heterocycles. The third-order valence-corrected chi connectivity index (χ3v) is 4.95. The van der Waals surface area contributed by atoms with Crippen LogP contribution in [0, 0.1) is 0 Å². The largest absolute Gasteiger partial charge is 0.490 e. The molecule has 33 heavy (non-hydrogen) atoms. The molecule has 6 heteroatoms. The summed E-state index contributed by atoms with van der Waals surface area (Å²) in [5.74, 6) is 0.691. The molecule has 0 spiro atoms. The minimum atomic E-state index is -0.373. The van der Waals surface area contributed by atoms with Crippen LogP contribution in [-0.2, 0) is 24.5 Å². The lowest BCUT2D eigenvalue weighted by molar-refractivity contribution is -0.139. The summed E-state index contributed by atoms with van der Waals surface area (Å²) in [4.78, 5) is 22.6. The van der Waals surface area contributed by atoms with Gasteiger partial charge in [0.2, 0.25) is 0 Å². The van der Waals surface area contributed by atoms with Gasteiger partial charge in [-0.1, -0.05) is 50.3 Å². The van der Waals surface area contributed by atoms with Crippen molar-refractivity contribution in [2.75, 3.05) is 26.4 Å². The Morgan fingerprint density at radius 3 is 1.36 bits per heavy atom. The Morgan fingerprint density at radius 2 is 1.03 bits per heavy atom. The van der Waals surface area contributed by atoms with E-state index in [9.17, 15) is 9.59 Å². The van der Waals surface area contributed by atoms with Gasteiger partial charge in [0.05, 0.1) is 0 Å². The normalized spacial score (nSPS) is 11.5. The molecule has 2 aromatic carbocycles. The zero-order valence-corrected chi connectivity index (χ0v) is 19.7. The van der Waals surface area contributed by atoms with Crippen LogP contribution in [0.15, 0.2) is 72.8 Å². The molecule has 2 rings (SSSR count). The molecule has 0 aliphatic heterocycles. The third-order valence-electron chi connectivity index (χ3n) is 4.95. The molecule has 0 saturated carbocycles. The van der Waals surface area contributed by atoms with Crippen molar-refractivity contribution in [2.24, 2.45) is 0 Å². The number of hydrogen-bond acceptors (Lipinski definition) is 6. The summed E-state index contributed by atoms with van der Waals surface area (Å²) in [7, 11) is 0. The van der Waals surface area contributed by atoms with E-state index in [-0.39, 0.29) is 30.6 Å². The average Bonchev–Trinajstić information content (AvgIpc) is 2.80. The fourth-order valence-electron chi connectivity index (χ4n) is 3.07. The van der Waals surface area contributed by atoms with Gasteiger partial charge in [-0.3, -0.25) is 0 Å². The Kier molecular flexibility index (Phi) is 10.2. The molecular formula is C27H32O6. The first kappa shape index (κ1) is 25.7. The van der Waals surface area contributed by atoms with E-state index < -0.39 is 0 Å². The maximum absolute atomic E-state index is 11.3. The molecular weight excluding hydrogens is 420 g/mol. The van der Waals surface area contributed by atoms with E-state index in [1.165, 1.54) is 12.2 Å². The summed E-state index contributed by atoms with van der Waals surface area (Å²) in [5, 5.41) is 0. The minimum absolute atomic E-state index is 0.197. The van der Waals surface area contributed by atoms with Crippen LogP contribution < -0.4 is 9.47 Å². The van der Waals surface area contributed by atoms with Crippen LogP contribution in [-0.4, -0.2) is 38.4 Å². The monoisotopic (exact) mass is 452 g/mol. The summed E-state index contributed by atoms with van der Waals surface area (Å²) in [5.41, 5.74) is 2.05. The Morgan fingerprint density at radius 1 is 0.667 bits per heavy atom. The van der Waals surface area contributed by atoms with Crippen molar-refractivity contribution in [1.29, 1.82) is 0 Å². The van der Waals surface area contributed by atoms with Crippen molar-refractivity contribution in [1.82, 2.24) is 0 Å². The summed E-state index contributed by atoms with van der Waals surface area (Å²) in [6.45, 7) is 8.81. The first-order valence-corrected chi connectivity index (χ1v) is 10.9. The second kappa shape index (κ2) is 13.1. The Labute approximate surface area is 195 Å². The van der Waals surface area contributed by atoms with Crippen molar-refractivity contribution >= 4 is 11.9 Å². The first-order chi connectivity index (χ1) is 15.9. The highest BCUT2D eigenvalue weighted by molar-refractivity contribution is 5.82. The highest BCUT2D eigenvalue weighted by Gasteiger charge is 2.23. The van der Waals surface area contributed by atoms with E-state index in [1.807, 2.05) is 48.5 Å². The zero-order valence-electron chi connectivity index (χ0n) is 19.7. The molecule has 0 fully saturated rings. The van der Waals surface area contributed by atoms with Crippen LogP contribution in [0.2, 0.25) is 0 Å². The lowest BCUT2D eigenvalue weighted by Crippen LogP contribution is -2.19. The zero-order chi connectivity index (χ0) is 24.1. The van der Waals surface area contributed by atoms with E-state index in [4.69, 9.17) is 18.9 Å². The van der Waals surface area contributed by atoms with E-state index in [0.717, 1.165) is 22.6 Å². The second-order valence-corrected chi connectivity index (χ2v) is 7.71. The smallest absolute Gasteiger partial charge is 0.330 e.